The molecule has 2 heterocycles. The lowest BCUT2D eigenvalue weighted by Crippen LogP contribution is -2.90. The number of ether oxygens (including phenoxy) is 3. The zero-order valence-electron chi connectivity index (χ0n) is 30.2. The van der Waals surface area contributed by atoms with E-state index in [0.717, 1.165) is 48.0 Å². The second-order valence-corrected chi connectivity index (χ2v) is 14.2. The lowest BCUT2D eigenvalue weighted by atomic mass is 9.49. The number of esters is 2. The Morgan fingerprint density at radius 1 is 0.911 bits per heavy atom. The molecule has 296 valence electrons. The summed E-state index contributed by atoms with van der Waals surface area (Å²) in [6.45, 7) is 1.48. The smallest absolute Gasteiger partial charge is 0.336 e. The van der Waals surface area contributed by atoms with Gasteiger partial charge in [0.15, 0.2) is 51.8 Å². The van der Waals surface area contributed by atoms with Gasteiger partial charge in [0, 0.05) is 24.0 Å². The Balaban J connectivity index is 1.55. The minimum Gasteiger partial charge on any atom is -0.509 e. The number of carbonyl (C=O) groups excluding carboxylic acids is 3. The van der Waals surface area contributed by atoms with Gasteiger partial charge in [0.2, 0.25) is 5.60 Å². The normalized spacial score (nSPS) is 29.3. The third kappa shape index (κ3) is 6.39. The van der Waals surface area contributed by atoms with E-state index in [-0.39, 0.29) is 17.5 Å². The second kappa shape index (κ2) is 14.6. The quantitative estimate of drug-likeness (QED) is 0.0319. The van der Waals surface area contributed by atoms with Crippen LogP contribution in [0.15, 0.2) is 78.6 Å². The SMILES string of the molecule is CCc1cccc(CC2C(OC(=O)CC(=O)c3ccc(O)c(O)c3)C3(OC(=O)C=Cc4ccc(O)c(O)c4)C4(CC2(O)C(=O)O)OCC(C=C4O)C3(O)NC)c1. The Labute approximate surface area is 319 Å². The first-order chi connectivity index (χ1) is 26.4. The fraction of sp³-hybridized carbons (Fsp3) is 0.350. The molecule has 4 aliphatic rings. The van der Waals surface area contributed by atoms with Crippen molar-refractivity contribution < 1.29 is 74.2 Å². The number of nitrogens with one attached hydrogen (secondary N) is 1. The van der Waals surface area contributed by atoms with Crippen molar-refractivity contribution in [2.24, 2.45) is 11.8 Å². The number of phenolic OH excluding ortho intramolecular Hbond substituents is 4. The molecule has 2 bridgehead atoms. The highest BCUT2D eigenvalue weighted by molar-refractivity contribution is 6.06. The summed E-state index contributed by atoms with van der Waals surface area (Å²) >= 11 is 0. The van der Waals surface area contributed by atoms with Crippen molar-refractivity contribution in [2.45, 2.75) is 61.2 Å². The van der Waals surface area contributed by atoms with Crippen molar-refractivity contribution in [3.63, 3.8) is 0 Å². The highest BCUT2D eigenvalue weighted by Gasteiger charge is 2.85. The van der Waals surface area contributed by atoms with Gasteiger partial charge in [0.1, 0.15) is 12.2 Å². The number of rotatable bonds is 12. The van der Waals surface area contributed by atoms with Gasteiger partial charge in [0.25, 0.3) is 0 Å². The maximum absolute atomic E-state index is 14.0. The molecule has 1 spiro atoms. The molecule has 2 aliphatic carbocycles. The van der Waals surface area contributed by atoms with E-state index in [1.165, 1.54) is 19.2 Å². The Morgan fingerprint density at radius 3 is 2.21 bits per heavy atom. The molecule has 56 heavy (non-hydrogen) atoms. The molecule has 3 aromatic carbocycles. The number of carbonyl (C=O) groups is 4. The van der Waals surface area contributed by atoms with Crippen LogP contribution in [0.5, 0.6) is 23.0 Å². The summed E-state index contributed by atoms with van der Waals surface area (Å²) < 4.78 is 18.3. The van der Waals surface area contributed by atoms with Crippen molar-refractivity contribution in [3.05, 3.63) is 101 Å². The summed E-state index contributed by atoms with van der Waals surface area (Å²) in [6, 6.07) is 13.6. The standard InChI is InChI=1S/C40H41NO15/c1-3-21-5-4-6-23(13-21)14-26-35(55-34(49)18-29(44)24-9-11-28(43)31(46)16-24)39(56-33(48)12-8-22-7-10-27(42)30(45)15-22)38(20-37(26,52)36(50)51)32(47)17-25(19-54-38)40(39,53)41-2/h4-13,15-17,25-26,35,41-43,45-47,52-53H,3,14,18-20H2,1-2H3,(H,50,51). The number of fused-ring (bicyclic) bond motifs is 1. The predicted molar refractivity (Wildman–Crippen MR) is 193 cm³/mol. The van der Waals surface area contributed by atoms with E-state index in [9.17, 15) is 60.0 Å². The predicted octanol–water partition coefficient (Wildman–Crippen LogP) is 2.38. The molecule has 2 fully saturated rings. The van der Waals surface area contributed by atoms with Crippen LogP contribution >= 0.6 is 0 Å². The van der Waals surface area contributed by atoms with E-state index in [1.54, 1.807) is 18.2 Å². The summed E-state index contributed by atoms with van der Waals surface area (Å²) in [7, 11) is 1.28. The Bertz CT molecular complexity index is 2150. The minimum absolute atomic E-state index is 0.205. The van der Waals surface area contributed by atoms with Crippen LogP contribution in [0.25, 0.3) is 6.08 Å². The first kappa shape index (κ1) is 39.7. The van der Waals surface area contributed by atoms with Crippen LogP contribution in [0.4, 0.5) is 0 Å². The summed E-state index contributed by atoms with van der Waals surface area (Å²) in [6.07, 6.45) is -0.899. The molecular weight excluding hydrogens is 734 g/mol. The molecule has 7 rings (SSSR count). The fourth-order valence-corrected chi connectivity index (χ4v) is 8.17. The van der Waals surface area contributed by atoms with Crippen molar-refractivity contribution in [1.82, 2.24) is 5.32 Å². The average Bonchev–Trinajstić information content (AvgIpc) is 3.16. The van der Waals surface area contributed by atoms with Gasteiger partial charge in [-0.25, -0.2) is 9.59 Å². The number of carboxylic acids is 1. The van der Waals surface area contributed by atoms with Gasteiger partial charge in [-0.1, -0.05) is 37.3 Å². The van der Waals surface area contributed by atoms with Gasteiger partial charge in [-0.3, -0.25) is 14.9 Å². The molecule has 3 aromatic rings. The summed E-state index contributed by atoms with van der Waals surface area (Å²) in [4.78, 5) is 54.6. The number of ketones is 1. The van der Waals surface area contributed by atoms with E-state index in [1.807, 2.05) is 13.0 Å². The minimum atomic E-state index is -2.93. The zero-order valence-corrected chi connectivity index (χ0v) is 30.2. The van der Waals surface area contributed by atoms with E-state index in [4.69, 9.17) is 14.2 Å². The van der Waals surface area contributed by atoms with E-state index >= 15 is 0 Å². The number of aliphatic carboxylic acids is 1. The Kier molecular flexibility index (Phi) is 10.4. The monoisotopic (exact) mass is 775 g/mol. The molecule has 0 radical (unpaired) electrons. The topological polar surface area (TPSA) is 270 Å². The van der Waals surface area contributed by atoms with Crippen molar-refractivity contribution in [3.8, 4) is 23.0 Å². The lowest BCUT2D eigenvalue weighted by molar-refractivity contribution is -0.387. The van der Waals surface area contributed by atoms with Gasteiger partial charge in [0.05, 0.1) is 12.5 Å². The maximum atomic E-state index is 14.0. The first-order valence-corrected chi connectivity index (χ1v) is 17.6. The van der Waals surface area contributed by atoms with Crippen LogP contribution in [0, 0.1) is 11.8 Å². The Morgan fingerprint density at radius 2 is 1.59 bits per heavy atom. The number of benzene rings is 3. The molecule has 2 aliphatic heterocycles. The van der Waals surface area contributed by atoms with Crippen LogP contribution in [0.1, 0.15) is 46.8 Å². The molecule has 7 atom stereocenters. The highest BCUT2D eigenvalue weighted by atomic mass is 16.6. The zero-order chi connectivity index (χ0) is 40.8. The van der Waals surface area contributed by atoms with Gasteiger partial charge in [-0.05, 0) is 79.1 Å². The summed E-state index contributed by atoms with van der Waals surface area (Å²) in [5.41, 5.74) is -9.61. The highest BCUT2D eigenvalue weighted by Crippen LogP contribution is 2.64. The van der Waals surface area contributed by atoms with Crippen molar-refractivity contribution in [1.29, 1.82) is 0 Å². The van der Waals surface area contributed by atoms with E-state index in [2.05, 4.69) is 5.32 Å². The third-order valence-electron chi connectivity index (χ3n) is 11.0. The van der Waals surface area contributed by atoms with Crippen LogP contribution in [0.2, 0.25) is 0 Å². The van der Waals surface area contributed by atoms with Crippen molar-refractivity contribution >= 4 is 29.8 Å². The van der Waals surface area contributed by atoms with Gasteiger partial charge < -0.3 is 55.1 Å². The molecule has 16 nitrogen and oxygen atoms in total. The number of hydrogen-bond acceptors (Lipinski definition) is 15. The van der Waals surface area contributed by atoms with E-state index < -0.39 is 112 Å². The number of Topliss-reactive ketones (excluding diaryl/α,β-unsaturated/α-hetero) is 1. The fourth-order valence-electron chi connectivity index (χ4n) is 8.17. The van der Waals surface area contributed by atoms with E-state index in [0.29, 0.717) is 12.0 Å². The number of carboxylic acid groups (broad SMARTS) is 1. The number of aromatic hydroxyl groups is 4. The molecule has 16 heteroatoms. The van der Waals surface area contributed by atoms with Crippen LogP contribution < -0.4 is 5.32 Å². The maximum Gasteiger partial charge on any atom is 0.336 e. The molecule has 1 saturated heterocycles. The number of hydrogen-bond donors (Lipinski definition) is 9. The third-order valence-corrected chi connectivity index (χ3v) is 11.0. The molecule has 7 unspecified atom stereocenters. The van der Waals surface area contributed by atoms with Crippen LogP contribution in [-0.4, -0.2) is 107 Å². The summed E-state index contributed by atoms with van der Waals surface area (Å²) in [5.74, 6) is -11.2. The molecule has 0 aromatic heterocycles. The van der Waals surface area contributed by atoms with Gasteiger partial charge in [-0.2, -0.15) is 0 Å². The average molecular weight is 776 g/mol. The number of aliphatic hydroxyl groups is 3. The largest absolute Gasteiger partial charge is 0.509 e. The Hall–Kier alpha value is -5.94. The molecule has 1 saturated carbocycles. The molecular formula is C40H41NO15. The van der Waals surface area contributed by atoms with Gasteiger partial charge >= 0.3 is 17.9 Å². The van der Waals surface area contributed by atoms with Crippen LogP contribution in [0.3, 0.4) is 0 Å². The number of aryl methyl sites for hydroxylation is 1. The summed E-state index contributed by atoms with van der Waals surface area (Å²) in [5, 5.41) is 89.7. The lowest BCUT2D eigenvalue weighted by Gasteiger charge is -2.69. The van der Waals surface area contributed by atoms with Crippen molar-refractivity contribution in [2.75, 3.05) is 13.7 Å². The first-order valence-electron chi connectivity index (χ1n) is 17.6. The number of aliphatic hydroxyl groups excluding tert-OH is 1. The second-order valence-electron chi connectivity index (χ2n) is 14.2. The number of phenols is 4. The van der Waals surface area contributed by atoms with Gasteiger partial charge in [-0.15, -0.1) is 0 Å². The van der Waals surface area contributed by atoms with Crippen LogP contribution in [-0.2, 0) is 41.4 Å². The number of likely N-dealkylation sites (N-methyl/N-ethyl adjacent to an activating group) is 1. The molecule has 9 N–H and O–H groups in total. The molecule has 0 amide bonds.